The lowest BCUT2D eigenvalue weighted by Crippen LogP contribution is -2.42. The van der Waals surface area contributed by atoms with E-state index >= 15 is 0 Å². The molecule has 1 aromatic rings. The van der Waals surface area contributed by atoms with Crippen molar-refractivity contribution < 1.29 is 30.3 Å². The number of rotatable bonds is 7. The molecule has 0 aliphatic carbocycles. The van der Waals surface area contributed by atoms with Gasteiger partial charge in [-0.15, -0.1) is 0 Å². The second-order valence-corrected chi connectivity index (χ2v) is 4.15. The number of benzene rings is 1. The Morgan fingerprint density at radius 2 is 1.68 bits per heavy atom. The van der Waals surface area contributed by atoms with E-state index in [1.54, 1.807) is 31.2 Å². The van der Waals surface area contributed by atoms with E-state index in [-0.39, 0.29) is 0 Å². The summed E-state index contributed by atoms with van der Waals surface area (Å²) >= 11 is 0. The third-order valence-electron chi connectivity index (χ3n) is 2.79. The number of ether oxygens (including phenoxy) is 1. The van der Waals surface area contributed by atoms with Gasteiger partial charge >= 0.3 is 0 Å². The molecular formula is C13H20O6. The van der Waals surface area contributed by atoms with Gasteiger partial charge in [-0.25, -0.2) is 0 Å². The van der Waals surface area contributed by atoms with Crippen molar-refractivity contribution in [2.24, 2.45) is 0 Å². The Bertz CT molecular complexity index is 383. The molecule has 6 heteroatoms. The Morgan fingerprint density at radius 3 is 2.26 bits per heavy atom. The van der Waals surface area contributed by atoms with Gasteiger partial charge in [-0.1, -0.05) is 18.2 Å². The fourth-order valence-corrected chi connectivity index (χ4v) is 1.72. The Hall–Kier alpha value is -1.18. The van der Waals surface area contributed by atoms with Crippen molar-refractivity contribution in [1.29, 1.82) is 0 Å². The summed E-state index contributed by atoms with van der Waals surface area (Å²) in [6.07, 6.45) is -6.25. The zero-order chi connectivity index (χ0) is 14.4. The summed E-state index contributed by atoms with van der Waals surface area (Å²) in [5.74, 6) is 0.391. The number of hydrogen-bond donors (Lipinski definition) is 5. The zero-order valence-corrected chi connectivity index (χ0v) is 10.7. The topological polar surface area (TPSA) is 110 Å². The predicted octanol–water partition coefficient (Wildman–Crippen LogP) is -0.806. The van der Waals surface area contributed by atoms with Crippen molar-refractivity contribution in [2.45, 2.75) is 31.3 Å². The van der Waals surface area contributed by atoms with E-state index in [9.17, 15) is 20.4 Å². The average Bonchev–Trinajstić information content (AvgIpc) is 2.45. The van der Waals surface area contributed by atoms with E-state index in [2.05, 4.69) is 0 Å². The first kappa shape index (κ1) is 15.9. The van der Waals surface area contributed by atoms with Crippen LogP contribution in [0, 0.1) is 0 Å². The summed E-state index contributed by atoms with van der Waals surface area (Å²) in [4.78, 5) is 0. The van der Waals surface area contributed by atoms with Crippen molar-refractivity contribution in [3.63, 3.8) is 0 Å². The van der Waals surface area contributed by atoms with Crippen LogP contribution in [0.2, 0.25) is 0 Å². The van der Waals surface area contributed by atoms with Crippen LogP contribution in [0.15, 0.2) is 24.3 Å². The molecule has 4 atom stereocenters. The van der Waals surface area contributed by atoms with E-state index in [4.69, 9.17) is 9.84 Å². The van der Waals surface area contributed by atoms with Crippen LogP contribution in [-0.4, -0.2) is 57.1 Å². The van der Waals surface area contributed by atoms with Crippen molar-refractivity contribution in [3.05, 3.63) is 29.8 Å². The van der Waals surface area contributed by atoms with Gasteiger partial charge in [0.05, 0.1) is 13.2 Å². The molecule has 4 unspecified atom stereocenters. The molecule has 1 aromatic carbocycles. The third-order valence-corrected chi connectivity index (χ3v) is 2.79. The van der Waals surface area contributed by atoms with Gasteiger partial charge in [0.2, 0.25) is 0 Å². The maximum atomic E-state index is 10.0. The second-order valence-electron chi connectivity index (χ2n) is 4.15. The standard InChI is InChI=1S/C13H20O6/c1-2-19-10-6-4-3-5-8(10)11(16)13(18)12(17)9(15)7-14/h3-6,9,11-18H,2,7H2,1H3. The second kappa shape index (κ2) is 7.42. The lowest BCUT2D eigenvalue weighted by atomic mass is 9.97. The fourth-order valence-electron chi connectivity index (χ4n) is 1.72. The lowest BCUT2D eigenvalue weighted by Gasteiger charge is -2.26. The summed E-state index contributed by atoms with van der Waals surface area (Å²) in [5.41, 5.74) is 0.307. The average molecular weight is 272 g/mol. The van der Waals surface area contributed by atoms with Crippen molar-refractivity contribution in [3.8, 4) is 5.75 Å². The fraction of sp³-hybridized carbons (Fsp3) is 0.538. The summed E-state index contributed by atoms with van der Waals surface area (Å²) in [5, 5.41) is 47.4. The van der Waals surface area contributed by atoms with Crippen molar-refractivity contribution >= 4 is 0 Å². The molecule has 5 N–H and O–H groups in total. The Kier molecular flexibility index (Phi) is 6.20. The molecule has 108 valence electrons. The van der Waals surface area contributed by atoms with E-state index < -0.39 is 31.0 Å². The van der Waals surface area contributed by atoms with Crippen LogP contribution < -0.4 is 4.74 Å². The summed E-state index contributed by atoms with van der Waals surface area (Å²) < 4.78 is 5.31. The predicted molar refractivity (Wildman–Crippen MR) is 67.7 cm³/mol. The highest BCUT2D eigenvalue weighted by molar-refractivity contribution is 5.35. The van der Waals surface area contributed by atoms with Crippen LogP contribution in [0.4, 0.5) is 0 Å². The summed E-state index contributed by atoms with van der Waals surface area (Å²) in [6, 6.07) is 6.55. The van der Waals surface area contributed by atoms with Gasteiger partial charge in [0.15, 0.2) is 0 Å². The van der Waals surface area contributed by atoms with E-state index in [0.29, 0.717) is 17.9 Å². The van der Waals surface area contributed by atoms with E-state index in [1.165, 1.54) is 0 Å². The molecule has 0 fully saturated rings. The van der Waals surface area contributed by atoms with Crippen molar-refractivity contribution in [2.75, 3.05) is 13.2 Å². The van der Waals surface area contributed by atoms with Crippen molar-refractivity contribution in [1.82, 2.24) is 0 Å². The van der Waals surface area contributed by atoms with Crippen LogP contribution in [0.3, 0.4) is 0 Å². The minimum atomic E-state index is -1.66. The molecular weight excluding hydrogens is 252 g/mol. The van der Waals surface area contributed by atoms with Gasteiger partial charge in [-0.05, 0) is 13.0 Å². The molecule has 0 amide bonds. The smallest absolute Gasteiger partial charge is 0.125 e. The molecule has 0 bridgehead atoms. The highest BCUT2D eigenvalue weighted by Crippen LogP contribution is 2.28. The van der Waals surface area contributed by atoms with Gasteiger partial charge in [-0.3, -0.25) is 0 Å². The molecule has 0 heterocycles. The summed E-state index contributed by atoms with van der Waals surface area (Å²) in [7, 11) is 0. The maximum absolute atomic E-state index is 10.0. The minimum Gasteiger partial charge on any atom is -0.493 e. The SMILES string of the molecule is CCOc1ccccc1C(O)C(O)C(O)C(O)CO. The largest absolute Gasteiger partial charge is 0.493 e. The van der Waals surface area contributed by atoms with Gasteiger partial charge in [0.25, 0.3) is 0 Å². The molecule has 0 saturated heterocycles. The lowest BCUT2D eigenvalue weighted by molar-refractivity contribution is -0.116. The molecule has 1 rings (SSSR count). The maximum Gasteiger partial charge on any atom is 0.125 e. The quantitative estimate of drug-likeness (QED) is 0.444. The highest BCUT2D eigenvalue weighted by atomic mass is 16.5. The number of aliphatic hydroxyl groups is 5. The Morgan fingerprint density at radius 1 is 1.05 bits per heavy atom. The van der Waals surface area contributed by atoms with Gasteiger partial charge in [0.1, 0.15) is 30.2 Å². The minimum absolute atomic E-state index is 0.307. The summed E-state index contributed by atoms with van der Waals surface area (Å²) in [6.45, 7) is 1.46. The van der Waals surface area contributed by atoms with Crippen LogP contribution >= 0.6 is 0 Å². The first-order chi connectivity index (χ1) is 9.02. The first-order valence-electron chi connectivity index (χ1n) is 6.07. The molecule has 6 nitrogen and oxygen atoms in total. The Balaban J connectivity index is 2.90. The normalized spacial score (nSPS) is 17.6. The molecule has 0 spiro atoms. The number of hydrogen-bond acceptors (Lipinski definition) is 6. The molecule has 0 aliphatic heterocycles. The van der Waals surface area contributed by atoms with Crippen LogP contribution in [0.5, 0.6) is 5.75 Å². The van der Waals surface area contributed by atoms with Crippen LogP contribution in [0.1, 0.15) is 18.6 Å². The van der Waals surface area contributed by atoms with Gasteiger partial charge in [-0.2, -0.15) is 0 Å². The Labute approximate surface area is 111 Å². The van der Waals surface area contributed by atoms with E-state index in [1.807, 2.05) is 0 Å². The first-order valence-corrected chi connectivity index (χ1v) is 6.07. The van der Waals surface area contributed by atoms with Gasteiger partial charge in [0, 0.05) is 5.56 Å². The molecule has 0 saturated carbocycles. The zero-order valence-electron chi connectivity index (χ0n) is 10.7. The molecule has 19 heavy (non-hydrogen) atoms. The molecule has 0 aromatic heterocycles. The third kappa shape index (κ3) is 3.89. The van der Waals surface area contributed by atoms with Crippen LogP contribution in [0.25, 0.3) is 0 Å². The molecule has 0 aliphatic rings. The molecule has 0 radical (unpaired) electrons. The monoisotopic (exact) mass is 272 g/mol. The number of para-hydroxylation sites is 1. The highest BCUT2D eigenvalue weighted by Gasteiger charge is 2.32. The van der Waals surface area contributed by atoms with Gasteiger partial charge < -0.3 is 30.3 Å². The number of aliphatic hydroxyl groups excluding tert-OH is 5. The van der Waals surface area contributed by atoms with E-state index in [0.717, 1.165) is 0 Å². The van der Waals surface area contributed by atoms with Crippen LogP contribution in [-0.2, 0) is 0 Å².